The average molecular weight is 158 g/mol. The zero-order chi connectivity index (χ0) is 8.62. The van der Waals surface area contributed by atoms with Crippen LogP contribution >= 0.6 is 7.14 Å². The SMILES string of the molecule is C#N.CCP(=O)(C#N)CC. The molecule has 0 fully saturated rings. The maximum absolute atomic E-state index is 11.0. The Balaban J connectivity index is 0. The largest absolute Gasteiger partial charge is 0.308 e. The van der Waals surface area contributed by atoms with Gasteiger partial charge in [-0.05, 0) is 0 Å². The van der Waals surface area contributed by atoms with Crippen molar-refractivity contribution in [3.05, 3.63) is 0 Å². The second kappa shape index (κ2) is 6.33. The minimum atomic E-state index is -2.36. The number of hydrogen-bond donors (Lipinski definition) is 0. The summed E-state index contributed by atoms with van der Waals surface area (Å²) in [5.41, 5.74) is 0. The van der Waals surface area contributed by atoms with E-state index in [-0.39, 0.29) is 0 Å². The lowest BCUT2D eigenvalue weighted by molar-refractivity contribution is 0.582. The van der Waals surface area contributed by atoms with E-state index in [1.807, 2.05) is 5.81 Å². The molecule has 3 nitrogen and oxygen atoms in total. The Morgan fingerprint density at radius 3 is 1.70 bits per heavy atom. The summed E-state index contributed by atoms with van der Waals surface area (Å²) in [5, 5.41) is 14.8. The molecule has 0 aromatic carbocycles. The maximum atomic E-state index is 11.0. The number of nitrogens with zero attached hydrogens (tertiary/aromatic N) is 2. The van der Waals surface area contributed by atoms with E-state index in [2.05, 4.69) is 6.57 Å². The highest BCUT2D eigenvalue weighted by atomic mass is 31.2. The summed E-state index contributed by atoms with van der Waals surface area (Å²) in [5.74, 6) is 1.83. The molecule has 0 aliphatic rings. The van der Waals surface area contributed by atoms with Crippen molar-refractivity contribution < 1.29 is 4.57 Å². The van der Waals surface area contributed by atoms with E-state index >= 15 is 0 Å². The van der Waals surface area contributed by atoms with Crippen molar-refractivity contribution in [2.45, 2.75) is 13.8 Å². The fourth-order valence-corrected chi connectivity index (χ4v) is 1.10. The monoisotopic (exact) mass is 158 g/mol. The summed E-state index contributed by atoms with van der Waals surface area (Å²) in [7, 11) is -2.36. The van der Waals surface area contributed by atoms with Gasteiger partial charge in [-0.15, -0.1) is 0 Å². The highest BCUT2D eigenvalue weighted by Gasteiger charge is 2.13. The quantitative estimate of drug-likeness (QED) is 0.577. The Kier molecular flexibility index (Phi) is 7.56. The van der Waals surface area contributed by atoms with E-state index in [0.29, 0.717) is 12.3 Å². The van der Waals surface area contributed by atoms with Gasteiger partial charge in [-0.25, -0.2) is 5.26 Å². The molecule has 0 radical (unpaired) electrons. The number of rotatable bonds is 2. The molecular formula is C6H11N2OP. The van der Waals surface area contributed by atoms with Gasteiger partial charge in [0.1, 0.15) is 5.81 Å². The van der Waals surface area contributed by atoms with E-state index in [0.717, 1.165) is 0 Å². The van der Waals surface area contributed by atoms with Gasteiger partial charge >= 0.3 is 0 Å². The van der Waals surface area contributed by atoms with Gasteiger partial charge in [0.2, 0.25) is 0 Å². The molecule has 0 heterocycles. The molecule has 0 aromatic rings. The van der Waals surface area contributed by atoms with Crippen molar-refractivity contribution in [2.75, 3.05) is 12.3 Å². The van der Waals surface area contributed by atoms with Crippen LogP contribution in [-0.4, -0.2) is 12.3 Å². The molecule has 0 bridgehead atoms. The third kappa shape index (κ3) is 4.13. The molecule has 0 saturated carbocycles. The van der Waals surface area contributed by atoms with Crippen molar-refractivity contribution >= 4 is 7.14 Å². The molecule has 0 saturated heterocycles. The van der Waals surface area contributed by atoms with Crippen LogP contribution in [0, 0.1) is 22.9 Å². The van der Waals surface area contributed by atoms with Gasteiger partial charge in [0.05, 0.1) is 0 Å². The van der Waals surface area contributed by atoms with Gasteiger partial charge in [0.15, 0.2) is 7.14 Å². The van der Waals surface area contributed by atoms with E-state index in [1.54, 1.807) is 13.8 Å². The van der Waals surface area contributed by atoms with Crippen molar-refractivity contribution in [2.24, 2.45) is 0 Å². The van der Waals surface area contributed by atoms with Crippen LogP contribution in [0.4, 0.5) is 0 Å². The molecule has 0 aliphatic carbocycles. The second-order valence-electron chi connectivity index (χ2n) is 1.62. The summed E-state index contributed by atoms with van der Waals surface area (Å²) in [6, 6.07) is 0. The predicted octanol–water partition coefficient (Wildman–Crippen LogP) is 2.01. The summed E-state index contributed by atoms with van der Waals surface area (Å²) in [4.78, 5) is 0. The van der Waals surface area contributed by atoms with Crippen molar-refractivity contribution in [1.29, 1.82) is 10.5 Å². The summed E-state index contributed by atoms with van der Waals surface area (Å²) in [6.45, 7) is 7.07. The minimum absolute atomic E-state index is 0.514. The molecule has 0 spiro atoms. The Labute approximate surface area is 61.6 Å². The molecule has 0 rings (SSSR count). The standard InChI is InChI=1S/C5H10NOP.CHN/c1-3-8(7,4-2)5-6;1-2/h3-4H2,1-2H3;1H. The fourth-order valence-electron chi connectivity index (χ4n) is 0.365. The molecule has 56 valence electrons. The van der Waals surface area contributed by atoms with Crippen molar-refractivity contribution in [1.82, 2.24) is 0 Å². The van der Waals surface area contributed by atoms with Crippen LogP contribution in [0.5, 0.6) is 0 Å². The minimum Gasteiger partial charge on any atom is -0.308 e. The van der Waals surface area contributed by atoms with Gasteiger partial charge in [0.25, 0.3) is 0 Å². The van der Waals surface area contributed by atoms with E-state index in [1.165, 1.54) is 0 Å². The van der Waals surface area contributed by atoms with Gasteiger partial charge < -0.3 is 4.57 Å². The van der Waals surface area contributed by atoms with Gasteiger partial charge in [-0.3, -0.25) is 0 Å². The van der Waals surface area contributed by atoms with Crippen LogP contribution in [0.15, 0.2) is 0 Å². The summed E-state index contributed by atoms with van der Waals surface area (Å²) >= 11 is 0. The summed E-state index contributed by atoms with van der Waals surface area (Å²) in [6.07, 6.45) is 1.03. The first-order valence-corrected chi connectivity index (χ1v) is 5.01. The fraction of sp³-hybridized carbons (Fsp3) is 0.667. The van der Waals surface area contributed by atoms with Crippen LogP contribution in [-0.2, 0) is 4.57 Å². The number of nitriles is 2. The second-order valence-corrected chi connectivity index (χ2v) is 4.87. The van der Waals surface area contributed by atoms with E-state index in [4.69, 9.17) is 10.5 Å². The number of hydrogen-bond acceptors (Lipinski definition) is 3. The van der Waals surface area contributed by atoms with Crippen LogP contribution in [0.3, 0.4) is 0 Å². The molecule has 4 heteroatoms. The Morgan fingerprint density at radius 1 is 1.40 bits per heavy atom. The van der Waals surface area contributed by atoms with Crippen LogP contribution in [0.1, 0.15) is 13.8 Å². The van der Waals surface area contributed by atoms with E-state index < -0.39 is 7.14 Å². The Hall–Kier alpha value is -0.790. The zero-order valence-corrected chi connectivity index (χ0v) is 7.14. The van der Waals surface area contributed by atoms with Gasteiger partial charge in [0, 0.05) is 18.9 Å². The normalized spacial score (nSPS) is 8.70. The predicted molar refractivity (Wildman–Crippen MR) is 41.0 cm³/mol. The lowest BCUT2D eigenvalue weighted by Crippen LogP contribution is -1.83. The van der Waals surface area contributed by atoms with Crippen molar-refractivity contribution in [3.63, 3.8) is 0 Å². The van der Waals surface area contributed by atoms with Gasteiger partial charge in [-0.2, -0.15) is 5.26 Å². The highest BCUT2D eigenvalue weighted by Crippen LogP contribution is 2.42. The molecule has 0 aliphatic heterocycles. The third-order valence-electron chi connectivity index (χ3n) is 1.20. The van der Waals surface area contributed by atoms with Crippen molar-refractivity contribution in [3.8, 4) is 12.4 Å². The van der Waals surface area contributed by atoms with Crippen LogP contribution in [0.25, 0.3) is 0 Å². The molecule has 0 unspecified atom stereocenters. The summed E-state index contributed by atoms with van der Waals surface area (Å²) < 4.78 is 11.0. The Morgan fingerprint density at radius 2 is 1.70 bits per heavy atom. The zero-order valence-electron chi connectivity index (χ0n) is 6.24. The highest BCUT2D eigenvalue weighted by molar-refractivity contribution is 7.68. The molecule has 0 atom stereocenters. The van der Waals surface area contributed by atoms with Crippen LogP contribution < -0.4 is 0 Å². The van der Waals surface area contributed by atoms with Crippen LogP contribution in [0.2, 0.25) is 0 Å². The molecule has 0 amide bonds. The lowest BCUT2D eigenvalue weighted by atomic mass is 11.0. The molecule has 0 aromatic heterocycles. The first kappa shape index (κ1) is 11.9. The lowest BCUT2D eigenvalue weighted by Gasteiger charge is -1.99. The molecule has 10 heavy (non-hydrogen) atoms. The topological polar surface area (TPSA) is 64.7 Å². The molecule has 0 N–H and O–H groups in total. The third-order valence-corrected chi connectivity index (χ3v) is 3.61. The molecular weight excluding hydrogens is 147 g/mol. The first-order valence-electron chi connectivity index (χ1n) is 2.93. The smallest absolute Gasteiger partial charge is 0.181 e. The average Bonchev–Trinajstić information content (AvgIpc) is 2.07. The maximum Gasteiger partial charge on any atom is 0.181 e. The van der Waals surface area contributed by atoms with Gasteiger partial charge in [-0.1, -0.05) is 13.8 Å². The Bertz CT molecular complexity index is 172. The first-order chi connectivity index (χ1) is 4.68. The van der Waals surface area contributed by atoms with E-state index in [9.17, 15) is 4.57 Å².